The van der Waals surface area contributed by atoms with E-state index in [0.29, 0.717) is 21.7 Å². The van der Waals surface area contributed by atoms with Gasteiger partial charge >= 0.3 is 0 Å². The molecule has 3 aromatic rings. The van der Waals surface area contributed by atoms with E-state index in [-0.39, 0.29) is 23.6 Å². The van der Waals surface area contributed by atoms with Crippen LogP contribution < -0.4 is 15.0 Å². The summed E-state index contributed by atoms with van der Waals surface area (Å²) in [6.07, 6.45) is 3.35. The molecule has 0 radical (unpaired) electrons. The van der Waals surface area contributed by atoms with Crippen LogP contribution in [0.2, 0.25) is 0 Å². The first-order valence-electron chi connectivity index (χ1n) is 7.69. The highest BCUT2D eigenvalue weighted by Gasteiger charge is 2.22. The lowest BCUT2D eigenvalue weighted by atomic mass is 10.1. The number of aryl methyl sites for hydroxylation is 1. The largest absolute Gasteiger partial charge is 0.454 e. The van der Waals surface area contributed by atoms with Gasteiger partial charge in [0.25, 0.3) is 11.2 Å². The Morgan fingerprint density at radius 1 is 1.38 bits per heavy atom. The quantitative estimate of drug-likeness (QED) is 0.395. The van der Waals surface area contributed by atoms with E-state index in [0.717, 1.165) is 16.0 Å². The summed E-state index contributed by atoms with van der Waals surface area (Å²) in [5.41, 5.74) is -0.319. The van der Waals surface area contributed by atoms with Crippen molar-refractivity contribution in [2.75, 3.05) is 6.79 Å². The van der Waals surface area contributed by atoms with Crippen molar-refractivity contribution in [2.24, 2.45) is 5.10 Å². The standard InChI is InChI=1S/C16H12N4O5S/c1-2-10-4-11-15(26-10)17-7-19(16(11)21)18-6-9-3-13-14(25-8-24-13)5-12(9)20(22)23/h3-7H,2,8H2,1H3/b18-6-. The van der Waals surface area contributed by atoms with Gasteiger partial charge in [-0.1, -0.05) is 6.92 Å². The Kier molecular flexibility index (Phi) is 3.88. The van der Waals surface area contributed by atoms with Crippen molar-refractivity contribution >= 4 is 33.5 Å². The number of fused-ring (bicyclic) bond motifs is 2. The summed E-state index contributed by atoms with van der Waals surface area (Å²) in [6, 6.07) is 4.53. The summed E-state index contributed by atoms with van der Waals surface area (Å²) in [4.78, 5) is 29.2. The number of hydrogen-bond donors (Lipinski definition) is 0. The molecule has 9 nitrogen and oxygen atoms in total. The molecule has 0 bridgehead atoms. The van der Waals surface area contributed by atoms with Crippen molar-refractivity contribution in [2.45, 2.75) is 13.3 Å². The second-order valence-electron chi connectivity index (χ2n) is 5.45. The summed E-state index contributed by atoms with van der Waals surface area (Å²) in [6.45, 7) is 2.01. The minimum absolute atomic E-state index is 0.00501. The highest BCUT2D eigenvalue weighted by molar-refractivity contribution is 7.18. The van der Waals surface area contributed by atoms with Crippen LogP contribution in [-0.4, -0.2) is 27.6 Å². The van der Waals surface area contributed by atoms with Crippen molar-refractivity contribution in [3.05, 3.63) is 55.4 Å². The molecule has 0 N–H and O–H groups in total. The van der Waals surface area contributed by atoms with Gasteiger partial charge in [-0.2, -0.15) is 9.78 Å². The Hall–Kier alpha value is -3.27. The molecule has 1 aliphatic heterocycles. The molecule has 2 aromatic heterocycles. The van der Waals surface area contributed by atoms with Gasteiger partial charge < -0.3 is 9.47 Å². The second-order valence-corrected chi connectivity index (χ2v) is 6.56. The van der Waals surface area contributed by atoms with Crippen LogP contribution in [-0.2, 0) is 6.42 Å². The number of ether oxygens (including phenoxy) is 2. The van der Waals surface area contributed by atoms with E-state index in [9.17, 15) is 14.9 Å². The summed E-state index contributed by atoms with van der Waals surface area (Å²) >= 11 is 1.46. The first-order chi connectivity index (χ1) is 12.6. The molecular weight excluding hydrogens is 360 g/mol. The van der Waals surface area contributed by atoms with Crippen molar-refractivity contribution in [1.29, 1.82) is 0 Å². The molecule has 0 fully saturated rings. The minimum Gasteiger partial charge on any atom is -0.454 e. The number of aromatic nitrogens is 2. The number of nitro groups is 1. The van der Waals surface area contributed by atoms with Crippen LogP contribution >= 0.6 is 11.3 Å². The van der Waals surface area contributed by atoms with Gasteiger partial charge in [-0.25, -0.2) is 4.98 Å². The lowest BCUT2D eigenvalue weighted by Crippen LogP contribution is -2.16. The first kappa shape index (κ1) is 16.2. The maximum absolute atomic E-state index is 12.5. The molecule has 0 saturated heterocycles. The SMILES string of the molecule is CCc1cc2c(=O)n(/N=C\c3cc4c(cc3[N+](=O)[O-])OCO4)cnc2s1. The van der Waals surface area contributed by atoms with Gasteiger partial charge in [0.15, 0.2) is 11.5 Å². The maximum atomic E-state index is 12.5. The Labute approximate surface area is 150 Å². The lowest BCUT2D eigenvalue weighted by molar-refractivity contribution is -0.385. The highest BCUT2D eigenvalue weighted by atomic mass is 32.1. The third-order valence-corrected chi connectivity index (χ3v) is 5.06. The summed E-state index contributed by atoms with van der Waals surface area (Å²) in [5.74, 6) is 0.697. The van der Waals surface area contributed by atoms with Gasteiger partial charge in [0.1, 0.15) is 11.2 Å². The predicted octanol–water partition coefficient (Wildman–Crippen LogP) is 2.54. The number of hydrogen-bond acceptors (Lipinski definition) is 8. The van der Waals surface area contributed by atoms with Gasteiger partial charge in [0.05, 0.1) is 28.2 Å². The molecule has 3 heterocycles. The van der Waals surface area contributed by atoms with Gasteiger partial charge in [-0.15, -0.1) is 11.3 Å². The molecular formula is C16H12N4O5S. The summed E-state index contributed by atoms with van der Waals surface area (Å²) in [5, 5.41) is 15.8. The number of nitrogens with zero attached hydrogens (tertiary/aromatic N) is 4. The number of rotatable bonds is 4. The fourth-order valence-corrected chi connectivity index (χ4v) is 3.48. The molecule has 0 spiro atoms. The van der Waals surface area contributed by atoms with Crippen molar-refractivity contribution in [3.63, 3.8) is 0 Å². The smallest absolute Gasteiger partial charge is 0.282 e. The van der Waals surface area contributed by atoms with Gasteiger partial charge in [0.2, 0.25) is 6.79 Å². The summed E-state index contributed by atoms with van der Waals surface area (Å²) < 4.78 is 11.4. The number of benzene rings is 1. The molecule has 0 atom stereocenters. The first-order valence-corrected chi connectivity index (χ1v) is 8.51. The van der Waals surface area contributed by atoms with Gasteiger partial charge in [0, 0.05) is 4.88 Å². The third kappa shape index (κ3) is 2.69. The molecule has 26 heavy (non-hydrogen) atoms. The van der Waals surface area contributed by atoms with Crippen LogP contribution in [0.4, 0.5) is 5.69 Å². The molecule has 0 amide bonds. The van der Waals surface area contributed by atoms with Crippen molar-refractivity contribution < 1.29 is 14.4 Å². The van der Waals surface area contributed by atoms with E-state index in [1.807, 2.05) is 6.92 Å². The monoisotopic (exact) mass is 372 g/mol. The molecule has 0 unspecified atom stereocenters. The second kappa shape index (κ2) is 6.23. The molecule has 1 aromatic carbocycles. The molecule has 0 saturated carbocycles. The van der Waals surface area contributed by atoms with Crippen LogP contribution in [0.25, 0.3) is 10.2 Å². The zero-order valence-corrected chi connectivity index (χ0v) is 14.4. The van der Waals surface area contributed by atoms with Gasteiger partial charge in [-0.05, 0) is 18.6 Å². The van der Waals surface area contributed by atoms with Crippen LogP contribution in [0.1, 0.15) is 17.4 Å². The van der Waals surface area contributed by atoms with Crippen molar-refractivity contribution in [3.8, 4) is 11.5 Å². The molecule has 132 valence electrons. The van der Waals surface area contributed by atoms with E-state index in [2.05, 4.69) is 10.1 Å². The topological polar surface area (TPSA) is 109 Å². The normalized spacial score (nSPS) is 13.0. The Morgan fingerprint density at radius 3 is 2.88 bits per heavy atom. The zero-order chi connectivity index (χ0) is 18.3. The van der Waals surface area contributed by atoms with E-state index in [4.69, 9.17) is 9.47 Å². The fraction of sp³-hybridized carbons (Fsp3) is 0.188. The lowest BCUT2D eigenvalue weighted by Gasteiger charge is -2.01. The molecule has 1 aliphatic rings. The molecule has 4 rings (SSSR count). The Balaban J connectivity index is 1.77. The molecule has 10 heteroatoms. The van der Waals surface area contributed by atoms with Crippen molar-refractivity contribution in [1.82, 2.24) is 9.66 Å². The van der Waals surface area contributed by atoms with Crippen LogP contribution in [0.3, 0.4) is 0 Å². The predicted molar refractivity (Wildman–Crippen MR) is 95.5 cm³/mol. The number of thiophene rings is 1. The van der Waals surface area contributed by atoms with E-state index < -0.39 is 4.92 Å². The molecule has 0 aliphatic carbocycles. The highest BCUT2D eigenvalue weighted by Crippen LogP contribution is 2.37. The fourth-order valence-electron chi connectivity index (χ4n) is 2.55. The van der Waals surface area contributed by atoms with E-state index in [1.165, 1.54) is 36.0 Å². The zero-order valence-electron chi connectivity index (χ0n) is 13.5. The van der Waals surface area contributed by atoms with Gasteiger partial charge in [-0.3, -0.25) is 14.9 Å². The van der Waals surface area contributed by atoms with E-state index in [1.54, 1.807) is 6.07 Å². The van der Waals surface area contributed by atoms with Crippen LogP contribution in [0.15, 0.2) is 34.4 Å². The third-order valence-electron chi connectivity index (χ3n) is 3.87. The Morgan fingerprint density at radius 2 is 2.15 bits per heavy atom. The summed E-state index contributed by atoms with van der Waals surface area (Å²) in [7, 11) is 0. The average Bonchev–Trinajstić information content (AvgIpc) is 3.26. The van der Waals surface area contributed by atoms with Crippen LogP contribution in [0.5, 0.6) is 11.5 Å². The number of nitro benzene ring substituents is 1. The average molecular weight is 372 g/mol. The maximum Gasteiger partial charge on any atom is 0.282 e. The van der Waals surface area contributed by atoms with E-state index >= 15 is 0 Å². The Bertz CT molecular complexity index is 1120. The minimum atomic E-state index is -0.542. The van der Waals surface area contributed by atoms with Crippen LogP contribution in [0, 0.1) is 10.1 Å².